The lowest BCUT2D eigenvalue weighted by Gasteiger charge is -2.15. The molecule has 1 N–H and O–H groups in total. The Balaban J connectivity index is 2.22. The molecule has 0 radical (unpaired) electrons. The fourth-order valence-corrected chi connectivity index (χ4v) is 2.42. The predicted molar refractivity (Wildman–Crippen MR) is 82.7 cm³/mol. The Morgan fingerprint density at radius 2 is 1.95 bits per heavy atom. The highest BCUT2D eigenvalue weighted by Crippen LogP contribution is 2.30. The predicted octanol–water partition coefficient (Wildman–Crippen LogP) is 4.91. The lowest BCUT2D eigenvalue weighted by molar-refractivity contribution is 0.476. The van der Waals surface area contributed by atoms with E-state index in [0.717, 1.165) is 22.4 Å². The van der Waals surface area contributed by atoms with Crippen LogP contribution in [0.5, 0.6) is 11.5 Å². The molecule has 100 valence electrons. The molecule has 2 aromatic rings. The topological polar surface area (TPSA) is 21.3 Å². The van der Waals surface area contributed by atoms with Crippen LogP contribution in [0.4, 0.5) is 0 Å². The summed E-state index contributed by atoms with van der Waals surface area (Å²) in [6.07, 6.45) is 1.05. The third-order valence-electron chi connectivity index (χ3n) is 3.08. The fourth-order valence-electron chi connectivity index (χ4n) is 2.06. The molecule has 3 heteroatoms. The van der Waals surface area contributed by atoms with Gasteiger partial charge in [0.05, 0.1) is 4.47 Å². The van der Waals surface area contributed by atoms with Crippen molar-refractivity contribution in [2.24, 2.45) is 0 Å². The average molecular weight is 320 g/mol. The van der Waals surface area contributed by atoms with Crippen molar-refractivity contribution in [3.63, 3.8) is 0 Å². The summed E-state index contributed by atoms with van der Waals surface area (Å²) < 4.78 is 6.87. The second kappa shape index (κ2) is 6.73. The molecule has 1 atom stereocenters. The summed E-state index contributed by atoms with van der Waals surface area (Å²) in [5.74, 6) is 1.69. The van der Waals surface area contributed by atoms with Crippen LogP contribution in [0, 0.1) is 0 Å². The molecule has 2 aromatic carbocycles. The number of hydrogen-bond acceptors (Lipinski definition) is 2. The maximum Gasteiger partial charge on any atom is 0.141 e. The first kappa shape index (κ1) is 14.1. The van der Waals surface area contributed by atoms with E-state index in [1.807, 2.05) is 43.4 Å². The molecule has 2 rings (SSSR count). The van der Waals surface area contributed by atoms with Gasteiger partial charge in [-0.3, -0.25) is 0 Å². The Kier molecular flexibility index (Phi) is 5.00. The normalized spacial score (nSPS) is 12.2. The second-order valence-corrected chi connectivity index (χ2v) is 5.21. The molecular weight excluding hydrogens is 302 g/mol. The highest BCUT2D eigenvalue weighted by atomic mass is 79.9. The van der Waals surface area contributed by atoms with E-state index in [0.29, 0.717) is 6.04 Å². The van der Waals surface area contributed by atoms with E-state index in [1.165, 1.54) is 5.56 Å². The summed E-state index contributed by atoms with van der Waals surface area (Å²) in [5, 5.41) is 3.31. The van der Waals surface area contributed by atoms with E-state index in [4.69, 9.17) is 4.74 Å². The van der Waals surface area contributed by atoms with Crippen LogP contribution in [0.15, 0.2) is 53.0 Å². The van der Waals surface area contributed by atoms with Gasteiger partial charge in [-0.1, -0.05) is 31.2 Å². The van der Waals surface area contributed by atoms with Gasteiger partial charge in [0, 0.05) is 6.04 Å². The van der Waals surface area contributed by atoms with E-state index in [9.17, 15) is 0 Å². The van der Waals surface area contributed by atoms with Crippen molar-refractivity contribution < 1.29 is 4.74 Å². The van der Waals surface area contributed by atoms with E-state index >= 15 is 0 Å². The lowest BCUT2D eigenvalue weighted by atomic mass is 10.0. The Bertz CT molecular complexity index is 538. The number of hydrogen-bond donors (Lipinski definition) is 1. The molecule has 0 fully saturated rings. The number of nitrogens with one attached hydrogen (secondary N) is 1. The van der Waals surface area contributed by atoms with Crippen molar-refractivity contribution in [2.45, 2.75) is 19.4 Å². The first-order valence-corrected chi connectivity index (χ1v) is 7.23. The molecule has 1 unspecified atom stereocenters. The zero-order chi connectivity index (χ0) is 13.7. The van der Waals surface area contributed by atoms with Gasteiger partial charge >= 0.3 is 0 Å². The summed E-state index contributed by atoms with van der Waals surface area (Å²) in [6, 6.07) is 16.4. The van der Waals surface area contributed by atoms with Gasteiger partial charge in [0.1, 0.15) is 11.5 Å². The SMILES string of the molecule is CCC(NC)c1cccc(Oc2ccccc2Br)c1. The summed E-state index contributed by atoms with van der Waals surface area (Å²) in [4.78, 5) is 0. The fraction of sp³-hybridized carbons (Fsp3) is 0.250. The quantitative estimate of drug-likeness (QED) is 0.845. The van der Waals surface area contributed by atoms with Gasteiger partial charge in [-0.05, 0) is 59.2 Å². The molecule has 19 heavy (non-hydrogen) atoms. The standard InChI is InChI=1S/C16H18BrNO/c1-3-15(18-2)12-7-6-8-13(11-12)19-16-10-5-4-9-14(16)17/h4-11,15,18H,3H2,1-2H3. The maximum absolute atomic E-state index is 5.91. The second-order valence-electron chi connectivity index (χ2n) is 4.35. The van der Waals surface area contributed by atoms with E-state index in [1.54, 1.807) is 0 Å². The number of para-hydroxylation sites is 1. The zero-order valence-electron chi connectivity index (χ0n) is 11.2. The molecule has 0 aliphatic heterocycles. The highest BCUT2D eigenvalue weighted by Gasteiger charge is 2.08. The monoisotopic (exact) mass is 319 g/mol. The van der Waals surface area contributed by atoms with Crippen molar-refractivity contribution in [3.8, 4) is 11.5 Å². The van der Waals surface area contributed by atoms with Gasteiger partial charge in [-0.15, -0.1) is 0 Å². The van der Waals surface area contributed by atoms with Crippen LogP contribution < -0.4 is 10.1 Å². The molecule has 0 heterocycles. The molecule has 0 bridgehead atoms. The Hall–Kier alpha value is -1.32. The summed E-state index contributed by atoms with van der Waals surface area (Å²) in [7, 11) is 1.98. The van der Waals surface area contributed by atoms with Crippen LogP contribution in [-0.2, 0) is 0 Å². The van der Waals surface area contributed by atoms with E-state index in [-0.39, 0.29) is 0 Å². The van der Waals surface area contributed by atoms with Gasteiger partial charge in [0.2, 0.25) is 0 Å². The van der Waals surface area contributed by atoms with Crippen LogP contribution in [0.2, 0.25) is 0 Å². The third-order valence-corrected chi connectivity index (χ3v) is 3.74. The van der Waals surface area contributed by atoms with Crippen molar-refractivity contribution >= 4 is 15.9 Å². The number of rotatable bonds is 5. The average Bonchev–Trinajstić information content (AvgIpc) is 2.43. The molecule has 0 aliphatic rings. The minimum Gasteiger partial charge on any atom is -0.456 e. The molecule has 0 saturated heterocycles. The molecule has 0 saturated carbocycles. The minimum atomic E-state index is 0.364. The van der Waals surface area contributed by atoms with Crippen LogP contribution >= 0.6 is 15.9 Å². The lowest BCUT2D eigenvalue weighted by Crippen LogP contribution is -2.14. The van der Waals surface area contributed by atoms with Crippen molar-refractivity contribution in [2.75, 3.05) is 7.05 Å². The minimum absolute atomic E-state index is 0.364. The summed E-state index contributed by atoms with van der Waals surface area (Å²) in [5.41, 5.74) is 1.24. The van der Waals surface area contributed by atoms with E-state index in [2.05, 4.69) is 40.3 Å². The third kappa shape index (κ3) is 3.58. The van der Waals surface area contributed by atoms with Crippen LogP contribution in [-0.4, -0.2) is 7.05 Å². The molecule has 0 aromatic heterocycles. The van der Waals surface area contributed by atoms with Crippen molar-refractivity contribution in [3.05, 3.63) is 58.6 Å². The van der Waals surface area contributed by atoms with Gasteiger partial charge in [-0.2, -0.15) is 0 Å². The van der Waals surface area contributed by atoms with Crippen molar-refractivity contribution in [1.82, 2.24) is 5.32 Å². The molecule has 2 nitrogen and oxygen atoms in total. The number of ether oxygens (including phenoxy) is 1. The molecule has 0 aliphatic carbocycles. The molecular formula is C16H18BrNO. The first-order chi connectivity index (χ1) is 9.24. The Labute approximate surface area is 122 Å². The summed E-state index contributed by atoms with van der Waals surface area (Å²) in [6.45, 7) is 2.17. The largest absolute Gasteiger partial charge is 0.456 e. The summed E-state index contributed by atoms with van der Waals surface area (Å²) >= 11 is 3.49. The van der Waals surface area contributed by atoms with Gasteiger partial charge in [0.15, 0.2) is 0 Å². The van der Waals surface area contributed by atoms with Crippen molar-refractivity contribution in [1.29, 1.82) is 0 Å². The maximum atomic E-state index is 5.91. The van der Waals surface area contributed by atoms with Gasteiger partial charge in [0.25, 0.3) is 0 Å². The molecule has 0 amide bonds. The Morgan fingerprint density at radius 3 is 2.63 bits per heavy atom. The Morgan fingerprint density at radius 1 is 1.16 bits per heavy atom. The smallest absolute Gasteiger partial charge is 0.141 e. The highest BCUT2D eigenvalue weighted by molar-refractivity contribution is 9.10. The van der Waals surface area contributed by atoms with Crippen LogP contribution in [0.1, 0.15) is 24.9 Å². The molecule has 0 spiro atoms. The van der Waals surface area contributed by atoms with Gasteiger partial charge in [-0.25, -0.2) is 0 Å². The van der Waals surface area contributed by atoms with Gasteiger partial charge < -0.3 is 10.1 Å². The van der Waals surface area contributed by atoms with Crippen LogP contribution in [0.25, 0.3) is 0 Å². The van der Waals surface area contributed by atoms with Crippen LogP contribution in [0.3, 0.4) is 0 Å². The number of halogens is 1. The first-order valence-electron chi connectivity index (χ1n) is 6.44. The van der Waals surface area contributed by atoms with E-state index < -0.39 is 0 Å². The zero-order valence-corrected chi connectivity index (χ0v) is 12.8. The number of benzene rings is 2.